The number of hydrogen-bond donors (Lipinski definition) is 0. The predicted molar refractivity (Wildman–Crippen MR) is 81.6 cm³/mol. The Hall–Kier alpha value is -2.28. The molecule has 1 aromatic carbocycles. The van der Waals surface area contributed by atoms with Crippen LogP contribution in [0.5, 0.6) is 0 Å². The van der Waals surface area contributed by atoms with Gasteiger partial charge in [-0.15, -0.1) is 10.2 Å². The minimum atomic E-state index is -0.332. The molecule has 6 nitrogen and oxygen atoms in total. The highest BCUT2D eigenvalue weighted by Gasteiger charge is 2.48. The van der Waals surface area contributed by atoms with Crippen LogP contribution in [-0.2, 0) is 9.53 Å². The summed E-state index contributed by atoms with van der Waals surface area (Å²) in [6, 6.07) is 6.06. The van der Waals surface area contributed by atoms with E-state index in [-0.39, 0.29) is 29.6 Å². The van der Waals surface area contributed by atoms with E-state index < -0.39 is 0 Å². The first-order valence-corrected chi connectivity index (χ1v) is 8.07. The summed E-state index contributed by atoms with van der Waals surface area (Å²) in [5.41, 5.74) is 1.01. The van der Waals surface area contributed by atoms with Gasteiger partial charge < -0.3 is 14.1 Å². The van der Waals surface area contributed by atoms with Crippen molar-refractivity contribution in [3.8, 4) is 0 Å². The number of carbonyl (C=O) groups excluding carboxylic acids is 1. The second kappa shape index (κ2) is 5.98. The normalized spacial score (nSPS) is 26.4. The Bertz CT molecular complexity index is 746. The monoisotopic (exact) mass is 331 g/mol. The lowest BCUT2D eigenvalue weighted by Crippen LogP contribution is -2.44. The maximum absolute atomic E-state index is 13.0. The minimum Gasteiger partial charge on any atom is -0.423 e. The molecule has 7 heteroatoms. The van der Waals surface area contributed by atoms with Crippen LogP contribution in [0.1, 0.15) is 35.7 Å². The van der Waals surface area contributed by atoms with E-state index >= 15 is 0 Å². The van der Waals surface area contributed by atoms with Gasteiger partial charge in [0.1, 0.15) is 11.9 Å². The molecule has 1 saturated heterocycles. The molecule has 0 unspecified atom stereocenters. The van der Waals surface area contributed by atoms with Crippen molar-refractivity contribution in [3.63, 3.8) is 0 Å². The van der Waals surface area contributed by atoms with Gasteiger partial charge in [0.25, 0.3) is 0 Å². The minimum absolute atomic E-state index is 0.0694. The molecule has 0 spiro atoms. The molecule has 2 heterocycles. The Labute approximate surface area is 138 Å². The third kappa shape index (κ3) is 2.80. The lowest BCUT2D eigenvalue weighted by molar-refractivity contribution is -0.142. The van der Waals surface area contributed by atoms with Gasteiger partial charge in [0.05, 0.1) is 13.2 Å². The quantitative estimate of drug-likeness (QED) is 0.863. The molecule has 1 aliphatic carbocycles. The molecule has 1 aromatic heterocycles. The second-order valence-corrected chi connectivity index (χ2v) is 6.28. The summed E-state index contributed by atoms with van der Waals surface area (Å²) in [6.45, 7) is 3.10. The van der Waals surface area contributed by atoms with Crippen LogP contribution >= 0.6 is 0 Å². The van der Waals surface area contributed by atoms with Crippen molar-refractivity contribution in [1.82, 2.24) is 15.1 Å². The number of aryl methyl sites for hydroxylation is 1. The molecule has 2 aromatic rings. The average molecular weight is 331 g/mol. The molecule has 1 amide bonds. The number of amides is 1. The van der Waals surface area contributed by atoms with Crippen LogP contribution in [0, 0.1) is 18.7 Å². The number of ether oxygens (including phenoxy) is 1. The molecule has 0 N–H and O–H groups in total. The molecule has 126 valence electrons. The van der Waals surface area contributed by atoms with Crippen molar-refractivity contribution < 1.29 is 18.3 Å². The first-order chi connectivity index (χ1) is 11.6. The van der Waals surface area contributed by atoms with E-state index in [1.807, 2.05) is 0 Å². The molecule has 0 bridgehead atoms. The maximum Gasteiger partial charge on any atom is 0.241 e. The Balaban J connectivity index is 1.49. The van der Waals surface area contributed by atoms with Gasteiger partial charge in [-0.2, -0.15) is 0 Å². The second-order valence-electron chi connectivity index (χ2n) is 6.28. The lowest BCUT2D eigenvalue weighted by atomic mass is 10.1. The van der Waals surface area contributed by atoms with Gasteiger partial charge >= 0.3 is 0 Å². The van der Waals surface area contributed by atoms with Crippen LogP contribution in [0.15, 0.2) is 28.7 Å². The number of nitrogens with zero attached hydrogens (tertiary/aromatic N) is 3. The molecule has 3 atom stereocenters. The van der Waals surface area contributed by atoms with E-state index in [0.717, 1.165) is 12.0 Å². The van der Waals surface area contributed by atoms with Crippen molar-refractivity contribution in [2.75, 3.05) is 19.8 Å². The third-order valence-corrected chi connectivity index (χ3v) is 4.64. The molecule has 1 aliphatic heterocycles. The summed E-state index contributed by atoms with van der Waals surface area (Å²) in [4.78, 5) is 14.7. The smallest absolute Gasteiger partial charge is 0.241 e. The molecular formula is C17H18FN3O3. The summed E-state index contributed by atoms with van der Waals surface area (Å²) < 4.78 is 24.0. The highest BCUT2D eigenvalue weighted by Crippen LogP contribution is 2.49. The van der Waals surface area contributed by atoms with Crippen LogP contribution < -0.4 is 0 Å². The topological polar surface area (TPSA) is 68.5 Å². The van der Waals surface area contributed by atoms with E-state index in [0.29, 0.717) is 31.5 Å². The van der Waals surface area contributed by atoms with E-state index in [2.05, 4.69) is 10.2 Å². The van der Waals surface area contributed by atoms with Gasteiger partial charge in [-0.25, -0.2) is 4.39 Å². The summed E-state index contributed by atoms with van der Waals surface area (Å²) in [7, 11) is 0. The Morgan fingerprint density at radius 1 is 1.29 bits per heavy atom. The van der Waals surface area contributed by atoms with Crippen LogP contribution in [0.4, 0.5) is 4.39 Å². The van der Waals surface area contributed by atoms with Crippen LogP contribution in [0.25, 0.3) is 0 Å². The standard InChI is InChI=1S/C17H18FN3O3/c1-10-19-20-16(24-10)15-9-23-7-6-21(15)17(22)14-8-13(14)11-2-4-12(18)5-3-11/h2-5,13-15H,6-9H2,1H3/t13-,14+,15+/m1/s1. The first kappa shape index (κ1) is 15.3. The predicted octanol–water partition coefficient (Wildman–Crippen LogP) is 2.22. The number of aromatic nitrogens is 2. The largest absolute Gasteiger partial charge is 0.423 e. The zero-order valence-electron chi connectivity index (χ0n) is 13.3. The summed E-state index contributed by atoms with van der Waals surface area (Å²) >= 11 is 0. The van der Waals surface area contributed by atoms with Crippen molar-refractivity contribution in [2.45, 2.75) is 25.3 Å². The zero-order chi connectivity index (χ0) is 16.7. The SMILES string of the molecule is Cc1nnc([C@@H]2COCCN2C(=O)[C@H]2C[C@@H]2c2ccc(F)cc2)o1. The first-order valence-electron chi connectivity index (χ1n) is 8.07. The fourth-order valence-electron chi connectivity index (χ4n) is 3.28. The molecule has 4 rings (SSSR count). The number of rotatable bonds is 3. The Morgan fingerprint density at radius 3 is 2.79 bits per heavy atom. The molecular weight excluding hydrogens is 313 g/mol. The van der Waals surface area contributed by atoms with Gasteiger partial charge in [-0.1, -0.05) is 12.1 Å². The summed E-state index contributed by atoms with van der Waals surface area (Å²) in [6.07, 6.45) is 0.789. The number of morpholine rings is 1. The highest BCUT2D eigenvalue weighted by atomic mass is 19.1. The average Bonchev–Trinajstić information content (AvgIpc) is 3.28. The molecule has 24 heavy (non-hydrogen) atoms. The lowest BCUT2D eigenvalue weighted by Gasteiger charge is -2.33. The molecule has 0 radical (unpaired) electrons. The van der Waals surface area contributed by atoms with E-state index in [4.69, 9.17) is 9.15 Å². The van der Waals surface area contributed by atoms with E-state index in [1.54, 1.807) is 24.0 Å². The molecule has 2 aliphatic rings. The van der Waals surface area contributed by atoms with Crippen molar-refractivity contribution in [2.24, 2.45) is 5.92 Å². The van der Waals surface area contributed by atoms with E-state index in [9.17, 15) is 9.18 Å². The zero-order valence-corrected chi connectivity index (χ0v) is 13.3. The van der Waals surface area contributed by atoms with Gasteiger partial charge in [0.15, 0.2) is 0 Å². The van der Waals surface area contributed by atoms with E-state index in [1.165, 1.54) is 12.1 Å². The fraction of sp³-hybridized carbons (Fsp3) is 0.471. The van der Waals surface area contributed by atoms with Crippen molar-refractivity contribution in [1.29, 1.82) is 0 Å². The fourth-order valence-corrected chi connectivity index (χ4v) is 3.28. The Kier molecular flexibility index (Phi) is 3.80. The van der Waals surface area contributed by atoms with Gasteiger partial charge in [0, 0.05) is 19.4 Å². The number of halogens is 1. The third-order valence-electron chi connectivity index (χ3n) is 4.64. The van der Waals surface area contributed by atoms with Gasteiger partial charge in [0.2, 0.25) is 17.7 Å². The van der Waals surface area contributed by atoms with Crippen LogP contribution in [0.3, 0.4) is 0 Å². The highest BCUT2D eigenvalue weighted by molar-refractivity contribution is 5.83. The van der Waals surface area contributed by atoms with Gasteiger partial charge in [-0.05, 0) is 30.0 Å². The Morgan fingerprint density at radius 2 is 2.08 bits per heavy atom. The number of hydrogen-bond acceptors (Lipinski definition) is 5. The summed E-state index contributed by atoms with van der Waals surface area (Å²) in [5, 5.41) is 7.88. The van der Waals surface area contributed by atoms with Crippen LogP contribution in [0.2, 0.25) is 0 Å². The molecule has 2 fully saturated rings. The number of carbonyl (C=O) groups is 1. The van der Waals surface area contributed by atoms with Gasteiger partial charge in [-0.3, -0.25) is 4.79 Å². The maximum atomic E-state index is 13.0. The molecule has 1 saturated carbocycles. The van der Waals surface area contributed by atoms with Crippen molar-refractivity contribution >= 4 is 5.91 Å². The number of benzene rings is 1. The summed E-state index contributed by atoms with van der Waals surface area (Å²) in [5.74, 6) is 0.792. The van der Waals surface area contributed by atoms with Crippen LogP contribution in [-0.4, -0.2) is 40.8 Å². The van der Waals surface area contributed by atoms with Crippen molar-refractivity contribution in [3.05, 3.63) is 47.4 Å².